The molecular weight excluding hydrogens is 262 g/mol. The monoisotopic (exact) mass is 279 g/mol. The van der Waals surface area contributed by atoms with Gasteiger partial charge in [-0.15, -0.1) is 12.4 Å². The van der Waals surface area contributed by atoms with E-state index in [2.05, 4.69) is 0 Å². The van der Waals surface area contributed by atoms with Crippen LogP contribution in [0.5, 0.6) is 0 Å². The Morgan fingerprint density at radius 2 is 1.88 bits per heavy atom. The van der Waals surface area contributed by atoms with Crippen LogP contribution < -0.4 is 5.14 Å². The first-order chi connectivity index (χ1) is 7.09. The molecule has 0 bridgehead atoms. The smallest absolute Gasteiger partial charge is 0.238 e. The normalized spacial score (nSPS) is 12.1. The van der Waals surface area contributed by atoms with Crippen molar-refractivity contribution in [2.75, 3.05) is 0 Å². The lowest BCUT2D eigenvalue weighted by atomic mass is 9.97. The highest BCUT2D eigenvalue weighted by Crippen LogP contribution is 2.21. The Labute approximate surface area is 108 Å². The highest BCUT2D eigenvalue weighted by molar-refractivity contribution is 7.89. The quantitative estimate of drug-likeness (QED) is 0.877. The van der Waals surface area contributed by atoms with Crippen LogP contribution >= 0.6 is 12.4 Å². The molecule has 0 aromatic heterocycles. The molecule has 4 nitrogen and oxygen atoms in total. The van der Waals surface area contributed by atoms with E-state index in [9.17, 15) is 13.5 Å². The predicted molar refractivity (Wildman–Crippen MR) is 69.8 cm³/mol. The van der Waals surface area contributed by atoms with Gasteiger partial charge in [-0.25, -0.2) is 13.6 Å². The molecule has 0 spiro atoms. The van der Waals surface area contributed by atoms with Crippen LogP contribution in [0.3, 0.4) is 0 Å². The van der Waals surface area contributed by atoms with Gasteiger partial charge in [-0.3, -0.25) is 0 Å². The molecule has 6 heteroatoms. The van der Waals surface area contributed by atoms with Gasteiger partial charge in [-0.1, -0.05) is 17.7 Å². The summed E-state index contributed by atoms with van der Waals surface area (Å²) in [6, 6.07) is 4.90. The molecule has 0 saturated heterocycles. The van der Waals surface area contributed by atoms with Gasteiger partial charge in [0.05, 0.1) is 10.5 Å². The Kier molecular flexibility index (Phi) is 5.16. The maximum atomic E-state index is 11.3. The standard InChI is InChI=1S/C11H17NO3S.ClH/c1-8-4-5-10(16(12,14)15)9(6-8)7-11(2,3)13;/h4-6,13H,7H2,1-3H3,(H2,12,14,15);1H. The third kappa shape index (κ3) is 5.04. The molecule has 1 aromatic carbocycles. The minimum absolute atomic E-state index is 0. The average Bonchev–Trinajstić information content (AvgIpc) is 1.97. The second-order valence-corrected chi connectivity index (χ2v) is 6.18. The fraction of sp³-hybridized carbons (Fsp3) is 0.455. The summed E-state index contributed by atoms with van der Waals surface area (Å²) in [7, 11) is -3.73. The number of primary sulfonamides is 1. The summed E-state index contributed by atoms with van der Waals surface area (Å²) in [6.45, 7) is 5.12. The highest BCUT2D eigenvalue weighted by atomic mass is 35.5. The topological polar surface area (TPSA) is 80.4 Å². The number of benzene rings is 1. The van der Waals surface area contributed by atoms with E-state index < -0.39 is 15.6 Å². The maximum absolute atomic E-state index is 11.3. The second-order valence-electron chi connectivity index (χ2n) is 4.65. The zero-order valence-corrected chi connectivity index (χ0v) is 11.7. The molecule has 0 atom stereocenters. The summed E-state index contributed by atoms with van der Waals surface area (Å²) in [4.78, 5) is 0.0835. The molecule has 0 fully saturated rings. The van der Waals surface area contributed by atoms with Gasteiger partial charge in [-0.05, 0) is 32.4 Å². The van der Waals surface area contributed by atoms with E-state index >= 15 is 0 Å². The van der Waals surface area contributed by atoms with Gasteiger partial charge >= 0.3 is 0 Å². The Bertz CT molecular complexity index is 492. The summed E-state index contributed by atoms with van der Waals surface area (Å²) in [5, 5.41) is 14.8. The SMILES string of the molecule is Cc1ccc(S(N)(=O)=O)c(CC(C)(C)O)c1.Cl. The maximum Gasteiger partial charge on any atom is 0.238 e. The first kappa shape index (κ1) is 16.4. The van der Waals surface area contributed by atoms with E-state index in [1.54, 1.807) is 26.0 Å². The van der Waals surface area contributed by atoms with Gasteiger partial charge in [0.2, 0.25) is 10.0 Å². The van der Waals surface area contributed by atoms with Crippen molar-refractivity contribution >= 4 is 22.4 Å². The molecule has 0 unspecified atom stereocenters. The van der Waals surface area contributed by atoms with E-state index in [4.69, 9.17) is 5.14 Å². The number of hydrogen-bond acceptors (Lipinski definition) is 3. The lowest BCUT2D eigenvalue weighted by Gasteiger charge is -2.19. The molecule has 98 valence electrons. The molecule has 0 aliphatic carbocycles. The Morgan fingerprint density at radius 3 is 2.29 bits per heavy atom. The van der Waals surface area contributed by atoms with Gasteiger partial charge < -0.3 is 5.11 Å². The molecule has 1 aromatic rings. The molecule has 0 radical (unpaired) electrons. The van der Waals surface area contributed by atoms with Crippen molar-refractivity contribution in [3.05, 3.63) is 29.3 Å². The van der Waals surface area contributed by atoms with Crippen LogP contribution in [0, 0.1) is 6.92 Å². The molecule has 17 heavy (non-hydrogen) atoms. The van der Waals surface area contributed by atoms with Gasteiger partial charge in [0.1, 0.15) is 0 Å². The van der Waals surface area contributed by atoms with E-state index in [-0.39, 0.29) is 23.7 Å². The van der Waals surface area contributed by atoms with Crippen molar-refractivity contribution in [2.45, 2.75) is 37.7 Å². The second kappa shape index (κ2) is 5.35. The molecule has 0 amide bonds. The van der Waals surface area contributed by atoms with E-state index in [1.807, 2.05) is 6.92 Å². The summed E-state index contributed by atoms with van der Waals surface area (Å²) in [5.41, 5.74) is 0.523. The fourth-order valence-corrected chi connectivity index (χ4v) is 2.34. The molecule has 3 N–H and O–H groups in total. The first-order valence-electron chi connectivity index (χ1n) is 4.94. The minimum Gasteiger partial charge on any atom is -0.390 e. The Hall–Kier alpha value is -0.620. The third-order valence-electron chi connectivity index (χ3n) is 2.15. The van der Waals surface area contributed by atoms with Crippen molar-refractivity contribution in [3.8, 4) is 0 Å². The van der Waals surface area contributed by atoms with Crippen molar-refractivity contribution in [1.29, 1.82) is 0 Å². The molecule has 0 aliphatic rings. The van der Waals surface area contributed by atoms with Crippen LogP contribution in [0.1, 0.15) is 25.0 Å². The van der Waals surface area contributed by atoms with Crippen LogP contribution in [0.25, 0.3) is 0 Å². The number of sulfonamides is 1. The number of aryl methyl sites for hydroxylation is 1. The number of halogens is 1. The zero-order valence-electron chi connectivity index (χ0n) is 10.1. The third-order valence-corrected chi connectivity index (χ3v) is 3.16. The minimum atomic E-state index is -3.73. The number of hydrogen-bond donors (Lipinski definition) is 2. The summed E-state index contributed by atoms with van der Waals surface area (Å²) >= 11 is 0. The molecular formula is C11H18ClNO3S. The lowest BCUT2D eigenvalue weighted by molar-refractivity contribution is 0.0803. The summed E-state index contributed by atoms with van der Waals surface area (Å²) in [6.07, 6.45) is 0.250. The van der Waals surface area contributed by atoms with Crippen molar-refractivity contribution < 1.29 is 13.5 Å². The lowest BCUT2D eigenvalue weighted by Crippen LogP contribution is -2.24. The van der Waals surface area contributed by atoms with Crippen LogP contribution in [-0.4, -0.2) is 19.1 Å². The largest absolute Gasteiger partial charge is 0.390 e. The predicted octanol–water partition coefficient (Wildman–Crippen LogP) is 1.38. The van der Waals surface area contributed by atoms with Crippen LogP contribution in [0.2, 0.25) is 0 Å². The zero-order chi connectivity index (χ0) is 12.6. The van der Waals surface area contributed by atoms with Crippen LogP contribution in [0.4, 0.5) is 0 Å². The molecule has 0 heterocycles. The van der Waals surface area contributed by atoms with Crippen LogP contribution in [-0.2, 0) is 16.4 Å². The van der Waals surface area contributed by atoms with E-state index in [1.165, 1.54) is 6.07 Å². The molecule has 1 rings (SSSR count). The fourth-order valence-electron chi connectivity index (χ4n) is 1.59. The highest BCUT2D eigenvalue weighted by Gasteiger charge is 2.20. The Balaban J connectivity index is 0.00000256. The summed E-state index contributed by atoms with van der Waals surface area (Å²) in [5.74, 6) is 0. The van der Waals surface area contributed by atoms with Gasteiger partial charge in [0.25, 0.3) is 0 Å². The van der Waals surface area contributed by atoms with Gasteiger partial charge in [0.15, 0.2) is 0 Å². The first-order valence-corrected chi connectivity index (χ1v) is 6.49. The van der Waals surface area contributed by atoms with Crippen LogP contribution in [0.15, 0.2) is 23.1 Å². The van der Waals surface area contributed by atoms with E-state index in [0.717, 1.165) is 5.56 Å². The molecule has 0 aliphatic heterocycles. The number of rotatable bonds is 3. The number of aliphatic hydroxyl groups is 1. The van der Waals surface area contributed by atoms with E-state index in [0.29, 0.717) is 5.56 Å². The summed E-state index contributed by atoms with van der Waals surface area (Å²) < 4.78 is 22.7. The van der Waals surface area contributed by atoms with Gasteiger partial charge in [-0.2, -0.15) is 0 Å². The van der Waals surface area contributed by atoms with Crippen molar-refractivity contribution in [3.63, 3.8) is 0 Å². The average molecular weight is 280 g/mol. The van der Waals surface area contributed by atoms with Crippen molar-refractivity contribution in [2.24, 2.45) is 5.14 Å². The number of nitrogens with two attached hydrogens (primary N) is 1. The van der Waals surface area contributed by atoms with Crippen molar-refractivity contribution in [1.82, 2.24) is 0 Å². The Morgan fingerprint density at radius 1 is 1.35 bits per heavy atom. The molecule has 0 saturated carbocycles. The van der Waals surface area contributed by atoms with Gasteiger partial charge in [0, 0.05) is 6.42 Å².